The zero-order valence-corrected chi connectivity index (χ0v) is 17.4. The molecule has 0 unspecified atom stereocenters. The van der Waals surface area contributed by atoms with Crippen LogP contribution in [0, 0.1) is 0 Å². The van der Waals surface area contributed by atoms with Crippen molar-refractivity contribution in [2.45, 2.75) is 19.9 Å². The molecule has 3 aromatic rings. The number of amides is 2. The van der Waals surface area contributed by atoms with Gasteiger partial charge in [0.25, 0.3) is 5.91 Å². The fraction of sp³-hybridized carbons (Fsp3) is 0.136. The van der Waals surface area contributed by atoms with Gasteiger partial charge in [-0.25, -0.2) is 0 Å². The fourth-order valence-electron chi connectivity index (χ4n) is 3.00. The van der Waals surface area contributed by atoms with E-state index in [-0.39, 0.29) is 28.1 Å². The van der Waals surface area contributed by atoms with Gasteiger partial charge in [0, 0.05) is 29.1 Å². The molecule has 1 aromatic heterocycles. The van der Waals surface area contributed by atoms with Crippen molar-refractivity contribution in [3.05, 3.63) is 82.0 Å². The summed E-state index contributed by atoms with van der Waals surface area (Å²) < 4.78 is 0. The normalized spacial score (nSPS) is 10.8. The van der Waals surface area contributed by atoms with Crippen molar-refractivity contribution >= 4 is 40.7 Å². The Balaban J connectivity index is 2.05. The van der Waals surface area contributed by atoms with Gasteiger partial charge in [0.1, 0.15) is 0 Å². The second kappa shape index (κ2) is 8.64. The number of halogens is 2. The van der Waals surface area contributed by atoms with Crippen LogP contribution in [0.15, 0.2) is 60.8 Å². The zero-order chi connectivity index (χ0) is 21.1. The molecule has 2 aromatic carbocycles. The molecule has 7 heteroatoms. The van der Waals surface area contributed by atoms with Gasteiger partial charge in [-0.05, 0) is 62.4 Å². The summed E-state index contributed by atoms with van der Waals surface area (Å²) in [5, 5.41) is 0.698. The molecule has 0 saturated carbocycles. The van der Waals surface area contributed by atoms with Crippen LogP contribution in [0.4, 0.5) is 5.69 Å². The van der Waals surface area contributed by atoms with E-state index < -0.39 is 5.91 Å². The number of nitrogens with zero attached hydrogens (tertiary/aromatic N) is 2. The number of rotatable bonds is 5. The summed E-state index contributed by atoms with van der Waals surface area (Å²) in [7, 11) is 0. The Morgan fingerprint density at radius 2 is 1.76 bits per heavy atom. The maximum Gasteiger partial charge on any atom is 0.260 e. The van der Waals surface area contributed by atoms with Crippen LogP contribution in [0.1, 0.15) is 34.6 Å². The van der Waals surface area contributed by atoms with E-state index >= 15 is 0 Å². The Hall–Kier alpha value is -2.89. The Morgan fingerprint density at radius 1 is 1.00 bits per heavy atom. The summed E-state index contributed by atoms with van der Waals surface area (Å²) in [6.45, 7) is 3.80. The average Bonchev–Trinajstić information content (AvgIpc) is 2.69. The van der Waals surface area contributed by atoms with Gasteiger partial charge < -0.3 is 10.6 Å². The van der Waals surface area contributed by atoms with Crippen molar-refractivity contribution in [1.29, 1.82) is 0 Å². The molecular weight excluding hydrogens is 409 g/mol. The van der Waals surface area contributed by atoms with E-state index in [1.165, 1.54) is 18.2 Å². The summed E-state index contributed by atoms with van der Waals surface area (Å²) in [6, 6.07) is 15.1. The van der Waals surface area contributed by atoms with Gasteiger partial charge in [-0.1, -0.05) is 29.3 Å². The third-order valence-corrected chi connectivity index (χ3v) is 5.03. The highest BCUT2D eigenvalue weighted by atomic mass is 35.5. The van der Waals surface area contributed by atoms with E-state index in [4.69, 9.17) is 28.9 Å². The van der Waals surface area contributed by atoms with Crippen LogP contribution in [-0.2, 0) is 0 Å². The highest BCUT2D eigenvalue weighted by Gasteiger charge is 2.24. The number of primary amides is 1. The smallest absolute Gasteiger partial charge is 0.260 e. The molecule has 0 aliphatic heterocycles. The lowest BCUT2D eigenvalue weighted by Gasteiger charge is -2.28. The Kier molecular flexibility index (Phi) is 6.20. The van der Waals surface area contributed by atoms with Crippen LogP contribution in [0.25, 0.3) is 11.3 Å². The van der Waals surface area contributed by atoms with Gasteiger partial charge in [0.2, 0.25) is 5.91 Å². The van der Waals surface area contributed by atoms with Gasteiger partial charge in [-0.15, -0.1) is 0 Å². The molecule has 3 rings (SSSR count). The topological polar surface area (TPSA) is 76.3 Å². The molecule has 0 fully saturated rings. The van der Waals surface area contributed by atoms with E-state index in [0.717, 1.165) is 5.56 Å². The Labute approximate surface area is 179 Å². The number of nitrogens with two attached hydrogens (primary N) is 1. The number of anilines is 1. The summed E-state index contributed by atoms with van der Waals surface area (Å²) in [4.78, 5) is 30.6. The number of aromatic nitrogens is 1. The molecule has 0 saturated heterocycles. The lowest BCUT2D eigenvalue weighted by Crippen LogP contribution is -2.37. The number of carbonyl (C=O) groups is 2. The summed E-state index contributed by atoms with van der Waals surface area (Å²) in [5.41, 5.74) is 7.89. The van der Waals surface area contributed by atoms with E-state index in [1.54, 1.807) is 23.2 Å². The van der Waals surface area contributed by atoms with Crippen LogP contribution in [0.5, 0.6) is 0 Å². The molecule has 2 amide bonds. The van der Waals surface area contributed by atoms with Crippen LogP contribution in [0.2, 0.25) is 10.0 Å². The minimum atomic E-state index is -0.607. The Morgan fingerprint density at radius 3 is 2.34 bits per heavy atom. The predicted molar refractivity (Wildman–Crippen MR) is 117 cm³/mol. The molecule has 148 valence electrons. The molecule has 29 heavy (non-hydrogen) atoms. The number of pyridine rings is 1. The predicted octanol–water partition coefficient (Wildman–Crippen LogP) is 5.21. The molecule has 0 aliphatic rings. The fourth-order valence-corrected chi connectivity index (χ4v) is 3.48. The van der Waals surface area contributed by atoms with Gasteiger partial charge in [0.15, 0.2) is 0 Å². The monoisotopic (exact) mass is 427 g/mol. The van der Waals surface area contributed by atoms with Crippen LogP contribution < -0.4 is 10.6 Å². The number of benzene rings is 2. The van der Waals surface area contributed by atoms with Gasteiger partial charge >= 0.3 is 0 Å². The second-order valence-corrected chi connectivity index (χ2v) is 7.52. The van der Waals surface area contributed by atoms with Crippen LogP contribution in [0.3, 0.4) is 0 Å². The largest absolute Gasteiger partial charge is 0.366 e. The number of carbonyl (C=O) groups excluding carboxylic acids is 2. The Bertz CT molecular complexity index is 1070. The van der Waals surface area contributed by atoms with Gasteiger partial charge in [-0.3, -0.25) is 14.6 Å². The summed E-state index contributed by atoms with van der Waals surface area (Å²) in [6.07, 6.45) is 1.68. The number of hydrogen-bond donors (Lipinski definition) is 1. The molecule has 0 bridgehead atoms. The van der Waals surface area contributed by atoms with Crippen LogP contribution in [-0.4, -0.2) is 22.8 Å². The van der Waals surface area contributed by atoms with Gasteiger partial charge in [0.05, 0.1) is 21.3 Å². The standard InChI is InChI=1S/C22H19Cl2N3O2/c1-13(2)27(22(29)16-8-6-14(21(25)28)11-19(16)24)15-7-9-18(23)17(12-15)20-5-3-4-10-26-20/h3-13H,1-2H3,(H2,25,28). The maximum atomic E-state index is 13.3. The van der Waals surface area contributed by atoms with E-state index in [0.29, 0.717) is 16.4 Å². The highest BCUT2D eigenvalue weighted by Crippen LogP contribution is 2.33. The molecule has 0 radical (unpaired) electrons. The third-order valence-electron chi connectivity index (χ3n) is 4.39. The summed E-state index contributed by atoms with van der Waals surface area (Å²) in [5.74, 6) is -0.903. The lowest BCUT2D eigenvalue weighted by molar-refractivity contribution is 0.0975. The average molecular weight is 428 g/mol. The zero-order valence-electron chi connectivity index (χ0n) is 15.9. The molecule has 5 nitrogen and oxygen atoms in total. The SMILES string of the molecule is CC(C)N(C(=O)c1ccc(C(N)=O)cc1Cl)c1ccc(Cl)c(-c2ccccn2)c1. The first kappa shape index (κ1) is 20.8. The first-order chi connectivity index (χ1) is 13.8. The molecule has 0 atom stereocenters. The van der Waals surface area contributed by atoms with Crippen LogP contribution >= 0.6 is 23.2 Å². The molecular formula is C22H19Cl2N3O2. The van der Waals surface area contributed by atoms with Crippen molar-refractivity contribution in [2.24, 2.45) is 5.73 Å². The quantitative estimate of drug-likeness (QED) is 0.606. The van der Waals surface area contributed by atoms with Crippen molar-refractivity contribution in [3.63, 3.8) is 0 Å². The molecule has 2 N–H and O–H groups in total. The first-order valence-electron chi connectivity index (χ1n) is 8.93. The lowest BCUT2D eigenvalue weighted by atomic mass is 10.1. The van der Waals surface area contributed by atoms with Crippen molar-refractivity contribution < 1.29 is 9.59 Å². The molecule has 0 spiro atoms. The van der Waals surface area contributed by atoms with E-state index in [9.17, 15) is 9.59 Å². The molecule has 0 aliphatic carbocycles. The highest BCUT2D eigenvalue weighted by molar-refractivity contribution is 6.35. The van der Waals surface area contributed by atoms with E-state index in [2.05, 4.69) is 4.98 Å². The van der Waals surface area contributed by atoms with E-state index in [1.807, 2.05) is 38.1 Å². The first-order valence-corrected chi connectivity index (χ1v) is 9.69. The molecule has 1 heterocycles. The van der Waals surface area contributed by atoms with Crippen molar-refractivity contribution in [3.8, 4) is 11.3 Å². The third kappa shape index (κ3) is 4.42. The number of hydrogen-bond acceptors (Lipinski definition) is 3. The van der Waals surface area contributed by atoms with Crippen molar-refractivity contribution in [2.75, 3.05) is 4.90 Å². The van der Waals surface area contributed by atoms with Crippen molar-refractivity contribution in [1.82, 2.24) is 4.98 Å². The minimum Gasteiger partial charge on any atom is -0.366 e. The minimum absolute atomic E-state index is 0.160. The maximum absolute atomic E-state index is 13.3. The second-order valence-electron chi connectivity index (χ2n) is 6.71. The summed E-state index contributed by atoms with van der Waals surface area (Å²) >= 11 is 12.6. The van der Waals surface area contributed by atoms with Gasteiger partial charge in [-0.2, -0.15) is 0 Å².